The number of benzene rings is 2. The first-order valence-corrected chi connectivity index (χ1v) is 11.2. The zero-order chi connectivity index (χ0) is 24.7. The second-order valence-electron chi connectivity index (χ2n) is 6.86. The monoisotopic (exact) mass is 511 g/mol. The molecule has 0 spiro atoms. The quantitative estimate of drug-likeness (QED) is 0.419. The van der Waals surface area contributed by atoms with Gasteiger partial charge in [-0.05, 0) is 36.4 Å². The van der Waals surface area contributed by atoms with Gasteiger partial charge < -0.3 is 4.74 Å². The number of alkyl halides is 3. The van der Waals surface area contributed by atoms with Crippen LogP contribution in [0.1, 0.15) is 5.69 Å². The maximum atomic E-state index is 13.7. The standard InChI is InChI=1S/C20H13ClF3N5O4S/c21-12-6-4-11(5-7-12)15-9-17(20(22,23)24)29-18(28-15)16(10-26-29)33-19(30)27-13-2-1-3-14(8-13)34(25,31)32/h1-10H,(H,27,30)(H2,25,31,32). The molecule has 2 aromatic carbocycles. The second-order valence-corrected chi connectivity index (χ2v) is 8.86. The molecule has 9 nitrogen and oxygen atoms in total. The summed E-state index contributed by atoms with van der Waals surface area (Å²) in [5.74, 6) is -0.360. The molecule has 1 amide bonds. The van der Waals surface area contributed by atoms with Crippen LogP contribution in [0.25, 0.3) is 16.9 Å². The molecule has 0 saturated heterocycles. The Morgan fingerprint density at radius 2 is 1.82 bits per heavy atom. The fourth-order valence-corrected chi connectivity index (χ4v) is 3.66. The molecule has 0 fully saturated rings. The van der Waals surface area contributed by atoms with Crippen molar-refractivity contribution in [2.45, 2.75) is 11.1 Å². The number of anilines is 1. The van der Waals surface area contributed by atoms with E-state index in [1.54, 1.807) is 0 Å². The molecule has 0 atom stereocenters. The average molecular weight is 512 g/mol. The summed E-state index contributed by atoms with van der Waals surface area (Å²) in [5, 5.41) is 11.4. The van der Waals surface area contributed by atoms with E-state index in [-0.39, 0.29) is 27.7 Å². The highest BCUT2D eigenvalue weighted by Crippen LogP contribution is 2.34. The summed E-state index contributed by atoms with van der Waals surface area (Å²) < 4.78 is 69.6. The molecule has 14 heteroatoms. The number of ether oxygens (including phenoxy) is 1. The van der Waals surface area contributed by atoms with E-state index < -0.39 is 28.0 Å². The first-order valence-electron chi connectivity index (χ1n) is 9.25. The average Bonchev–Trinajstić information content (AvgIpc) is 3.15. The molecule has 0 aliphatic heterocycles. The number of amides is 1. The van der Waals surface area contributed by atoms with Crippen molar-refractivity contribution in [1.29, 1.82) is 0 Å². The number of hydrogen-bond acceptors (Lipinski definition) is 6. The largest absolute Gasteiger partial charge is 0.433 e. The van der Waals surface area contributed by atoms with E-state index in [1.165, 1.54) is 42.5 Å². The fourth-order valence-electron chi connectivity index (χ4n) is 2.98. The number of nitrogens with two attached hydrogens (primary N) is 1. The first-order chi connectivity index (χ1) is 15.9. The van der Waals surface area contributed by atoms with Crippen LogP contribution in [-0.4, -0.2) is 29.1 Å². The number of carbonyl (C=O) groups is 1. The SMILES string of the molecule is NS(=O)(=O)c1cccc(NC(=O)Oc2cnn3c(C(F)(F)F)cc(-c4ccc(Cl)cc4)nc23)c1. The Labute approximate surface area is 195 Å². The molecule has 0 unspecified atom stereocenters. The number of rotatable bonds is 4. The van der Waals surface area contributed by atoms with Crippen LogP contribution >= 0.6 is 11.6 Å². The molecule has 2 aromatic heterocycles. The van der Waals surface area contributed by atoms with Gasteiger partial charge in [-0.1, -0.05) is 29.8 Å². The van der Waals surface area contributed by atoms with Crippen molar-refractivity contribution in [2.75, 3.05) is 5.32 Å². The van der Waals surface area contributed by atoms with Crippen molar-refractivity contribution in [3.8, 4) is 17.0 Å². The highest BCUT2D eigenvalue weighted by Gasteiger charge is 2.36. The summed E-state index contributed by atoms with van der Waals surface area (Å²) in [4.78, 5) is 16.3. The number of nitrogens with zero attached hydrogens (tertiary/aromatic N) is 3. The van der Waals surface area contributed by atoms with Gasteiger partial charge in [0.2, 0.25) is 10.0 Å². The van der Waals surface area contributed by atoms with Gasteiger partial charge in [-0.15, -0.1) is 0 Å². The lowest BCUT2D eigenvalue weighted by Gasteiger charge is -2.12. The van der Waals surface area contributed by atoms with Gasteiger partial charge in [0.25, 0.3) is 0 Å². The molecule has 0 aliphatic carbocycles. The van der Waals surface area contributed by atoms with Crippen LogP contribution in [0.15, 0.2) is 65.7 Å². The Morgan fingerprint density at radius 1 is 1.12 bits per heavy atom. The van der Waals surface area contributed by atoms with E-state index in [9.17, 15) is 26.4 Å². The molecule has 0 bridgehead atoms. The molecule has 176 valence electrons. The zero-order valence-corrected chi connectivity index (χ0v) is 18.3. The lowest BCUT2D eigenvalue weighted by Crippen LogP contribution is -2.18. The molecule has 0 saturated carbocycles. The van der Waals surface area contributed by atoms with Crippen molar-refractivity contribution in [2.24, 2.45) is 5.14 Å². The van der Waals surface area contributed by atoms with Gasteiger partial charge in [0, 0.05) is 16.3 Å². The molecular formula is C20H13ClF3N5O4S. The second kappa shape index (κ2) is 8.59. The normalized spacial score (nSPS) is 12.0. The number of aromatic nitrogens is 3. The van der Waals surface area contributed by atoms with Crippen LogP contribution in [0.3, 0.4) is 0 Å². The summed E-state index contributed by atoms with van der Waals surface area (Å²) >= 11 is 5.85. The summed E-state index contributed by atoms with van der Waals surface area (Å²) in [6.45, 7) is 0. The van der Waals surface area contributed by atoms with E-state index in [0.29, 0.717) is 15.1 Å². The van der Waals surface area contributed by atoms with E-state index in [1.807, 2.05) is 0 Å². The van der Waals surface area contributed by atoms with Crippen LogP contribution in [0.2, 0.25) is 5.02 Å². The van der Waals surface area contributed by atoms with Gasteiger partial charge in [-0.3, -0.25) is 5.32 Å². The Kier molecular flexibility index (Phi) is 5.93. The molecule has 2 heterocycles. The van der Waals surface area contributed by atoms with Gasteiger partial charge in [0.1, 0.15) is 0 Å². The van der Waals surface area contributed by atoms with E-state index in [0.717, 1.165) is 18.3 Å². The number of sulfonamides is 1. The minimum absolute atomic E-state index is 0.0267. The zero-order valence-electron chi connectivity index (χ0n) is 16.7. The van der Waals surface area contributed by atoms with Crippen molar-refractivity contribution < 1.29 is 31.1 Å². The van der Waals surface area contributed by atoms with Crippen LogP contribution in [0, 0.1) is 0 Å². The summed E-state index contributed by atoms with van der Waals surface area (Å²) in [6.07, 6.45) is -5.00. The smallest absolute Gasteiger partial charge is 0.404 e. The third kappa shape index (κ3) is 4.95. The fraction of sp³-hybridized carbons (Fsp3) is 0.0500. The minimum Gasteiger partial charge on any atom is -0.404 e. The predicted molar refractivity (Wildman–Crippen MR) is 116 cm³/mol. The Balaban J connectivity index is 1.70. The maximum absolute atomic E-state index is 13.7. The van der Waals surface area contributed by atoms with E-state index in [4.69, 9.17) is 21.5 Å². The van der Waals surface area contributed by atoms with Crippen molar-refractivity contribution in [3.05, 3.63) is 71.5 Å². The summed E-state index contributed by atoms with van der Waals surface area (Å²) in [5.41, 5.74) is -1.19. The molecule has 0 radical (unpaired) electrons. The van der Waals surface area contributed by atoms with Gasteiger partial charge in [-0.25, -0.2) is 27.9 Å². The number of hydrogen-bond donors (Lipinski definition) is 2. The third-order valence-corrected chi connectivity index (χ3v) is 5.64. The van der Waals surface area contributed by atoms with Crippen LogP contribution in [0.4, 0.5) is 23.7 Å². The first kappa shape index (κ1) is 23.5. The summed E-state index contributed by atoms with van der Waals surface area (Å²) in [6, 6.07) is 11.8. The maximum Gasteiger partial charge on any atom is 0.433 e. The van der Waals surface area contributed by atoms with Crippen molar-refractivity contribution in [1.82, 2.24) is 14.6 Å². The third-order valence-electron chi connectivity index (χ3n) is 4.48. The highest BCUT2D eigenvalue weighted by molar-refractivity contribution is 7.89. The predicted octanol–water partition coefficient (Wildman–Crippen LogP) is 4.33. The van der Waals surface area contributed by atoms with Crippen molar-refractivity contribution in [3.63, 3.8) is 0 Å². The van der Waals surface area contributed by atoms with Crippen LogP contribution in [-0.2, 0) is 16.2 Å². The Morgan fingerprint density at radius 3 is 2.47 bits per heavy atom. The van der Waals surface area contributed by atoms with Gasteiger partial charge in [0.15, 0.2) is 17.1 Å². The summed E-state index contributed by atoms with van der Waals surface area (Å²) in [7, 11) is -4.02. The molecular weight excluding hydrogens is 499 g/mol. The van der Waals surface area contributed by atoms with Crippen molar-refractivity contribution >= 4 is 39.1 Å². The number of nitrogens with one attached hydrogen (secondary N) is 1. The Bertz CT molecular complexity index is 1510. The number of halogens is 4. The Hall–Kier alpha value is -3.68. The topological polar surface area (TPSA) is 129 Å². The van der Waals surface area contributed by atoms with Gasteiger partial charge >= 0.3 is 12.3 Å². The van der Waals surface area contributed by atoms with E-state index in [2.05, 4.69) is 15.4 Å². The number of primary sulfonamides is 1. The highest BCUT2D eigenvalue weighted by atomic mass is 35.5. The van der Waals surface area contributed by atoms with Crippen LogP contribution in [0.5, 0.6) is 5.75 Å². The molecule has 4 aromatic rings. The van der Waals surface area contributed by atoms with Gasteiger partial charge in [0.05, 0.1) is 16.8 Å². The lowest BCUT2D eigenvalue weighted by atomic mass is 10.1. The van der Waals surface area contributed by atoms with E-state index >= 15 is 0 Å². The molecule has 4 rings (SSSR count). The molecule has 0 aliphatic rings. The lowest BCUT2D eigenvalue weighted by molar-refractivity contribution is -0.142. The minimum atomic E-state index is -4.79. The number of carbonyl (C=O) groups excluding carboxylic acids is 1. The van der Waals surface area contributed by atoms with Crippen LogP contribution < -0.4 is 15.2 Å². The molecule has 34 heavy (non-hydrogen) atoms. The number of fused-ring (bicyclic) bond motifs is 1. The van der Waals surface area contributed by atoms with Gasteiger partial charge in [-0.2, -0.15) is 18.3 Å². The molecule has 3 N–H and O–H groups in total.